The Balaban J connectivity index is 1.71. The second-order valence-corrected chi connectivity index (χ2v) is 9.18. The Bertz CT molecular complexity index is 1050. The van der Waals surface area contributed by atoms with E-state index < -0.39 is 0 Å². The van der Waals surface area contributed by atoms with Crippen molar-refractivity contribution >= 4 is 62.1 Å². The number of likely N-dealkylation sites (N-methyl/N-ethyl adjacent to an activating group) is 2. The van der Waals surface area contributed by atoms with E-state index >= 15 is 0 Å². The van der Waals surface area contributed by atoms with Gasteiger partial charge in [-0.2, -0.15) is 0 Å². The maximum atomic E-state index is 13.0. The van der Waals surface area contributed by atoms with Gasteiger partial charge in [0.2, 0.25) is 5.91 Å². The summed E-state index contributed by atoms with van der Waals surface area (Å²) in [5.41, 5.74) is 2.39. The third kappa shape index (κ3) is 3.90. The van der Waals surface area contributed by atoms with Gasteiger partial charge in [-0.3, -0.25) is 14.5 Å². The van der Waals surface area contributed by atoms with Crippen molar-refractivity contribution in [2.24, 2.45) is 0 Å². The van der Waals surface area contributed by atoms with Gasteiger partial charge in [-0.15, -0.1) is 0 Å². The van der Waals surface area contributed by atoms with Crippen molar-refractivity contribution in [1.82, 2.24) is 19.3 Å². The highest BCUT2D eigenvalue weighted by molar-refractivity contribution is 9.10. The molecule has 2 aliphatic rings. The number of carbonyl (C=O) groups is 2. The number of halogens is 1. The summed E-state index contributed by atoms with van der Waals surface area (Å²) in [7, 11) is 3.48. The van der Waals surface area contributed by atoms with Gasteiger partial charge in [0.05, 0.1) is 0 Å². The summed E-state index contributed by atoms with van der Waals surface area (Å²) in [6, 6.07) is 6.01. The molecule has 2 amide bonds. The Morgan fingerprint density at radius 2 is 1.83 bits per heavy atom. The quantitative estimate of drug-likeness (QED) is 0.486. The number of thiocarbonyl (C=S) groups is 1. The van der Waals surface area contributed by atoms with Crippen LogP contribution in [0.3, 0.4) is 0 Å². The van der Waals surface area contributed by atoms with Gasteiger partial charge in [-0.1, -0.05) is 28.8 Å². The summed E-state index contributed by atoms with van der Waals surface area (Å²) < 4.78 is 2.94. The second-order valence-electron chi connectivity index (χ2n) is 7.90. The molecule has 158 valence electrons. The zero-order valence-electron chi connectivity index (χ0n) is 17.2. The van der Waals surface area contributed by atoms with E-state index in [1.807, 2.05) is 39.9 Å². The lowest BCUT2D eigenvalue weighted by atomic mass is 10.1. The Labute approximate surface area is 190 Å². The smallest absolute Gasteiger partial charge is 0.276 e. The molecule has 0 spiro atoms. The minimum atomic E-state index is -0.126. The van der Waals surface area contributed by atoms with E-state index in [9.17, 15) is 9.59 Å². The zero-order valence-corrected chi connectivity index (χ0v) is 19.6. The fourth-order valence-corrected chi connectivity index (χ4v) is 4.69. The molecular weight excluding hydrogens is 464 g/mol. The van der Waals surface area contributed by atoms with Crippen LogP contribution in [0.15, 0.2) is 34.6 Å². The topological polar surface area (TPSA) is 48.8 Å². The number of fused-ring (bicyclic) bond motifs is 1. The molecule has 0 aliphatic carbocycles. The Morgan fingerprint density at radius 3 is 2.47 bits per heavy atom. The molecule has 2 aliphatic heterocycles. The standard InChI is InChI=1S/C22H25BrN4O2S/c1-24-19(21(29)25(2)22(24)30)11-15-13-27(18-8-7-16(23)12-17(15)18)14-20(28)26-9-5-3-4-6-10-26/h7-8,11-13H,3-6,9-10,14H2,1-2H3/b19-11+. The largest absolute Gasteiger partial charge is 0.341 e. The molecule has 0 N–H and O–H groups in total. The van der Waals surface area contributed by atoms with Gasteiger partial charge in [0, 0.05) is 54.3 Å². The van der Waals surface area contributed by atoms with Crippen molar-refractivity contribution in [2.75, 3.05) is 27.2 Å². The summed E-state index contributed by atoms with van der Waals surface area (Å²) in [6.07, 6.45) is 8.36. The first-order valence-electron chi connectivity index (χ1n) is 10.2. The number of likely N-dealkylation sites (tertiary alicyclic amines) is 1. The average Bonchev–Trinajstić information content (AvgIpc) is 3.00. The molecule has 1 aromatic heterocycles. The molecule has 4 rings (SSSR count). The highest BCUT2D eigenvalue weighted by atomic mass is 79.9. The van der Waals surface area contributed by atoms with Crippen LogP contribution in [0.2, 0.25) is 0 Å². The minimum Gasteiger partial charge on any atom is -0.341 e. The van der Waals surface area contributed by atoms with Crippen molar-refractivity contribution in [3.8, 4) is 0 Å². The van der Waals surface area contributed by atoms with Crippen LogP contribution in [0.5, 0.6) is 0 Å². The van der Waals surface area contributed by atoms with Gasteiger partial charge >= 0.3 is 0 Å². The molecule has 2 fully saturated rings. The SMILES string of the molecule is CN1C(=O)/C(=C\c2cn(CC(=O)N3CCCCCC3)c3ccc(Br)cc23)N(C)C1=S. The first kappa shape index (κ1) is 21.1. The lowest BCUT2D eigenvalue weighted by Crippen LogP contribution is -2.34. The van der Waals surface area contributed by atoms with Crippen LogP contribution in [-0.2, 0) is 16.1 Å². The van der Waals surface area contributed by atoms with E-state index in [0.29, 0.717) is 17.4 Å². The van der Waals surface area contributed by atoms with Crippen molar-refractivity contribution in [3.63, 3.8) is 0 Å². The van der Waals surface area contributed by atoms with Gasteiger partial charge in [0.1, 0.15) is 12.2 Å². The van der Waals surface area contributed by atoms with Crippen LogP contribution in [0.1, 0.15) is 31.2 Å². The summed E-state index contributed by atoms with van der Waals surface area (Å²) in [6.45, 7) is 1.97. The average molecular weight is 489 g/mol. The molecule has 2 aromatic rings. The van der Waals surface area contributed by atoms with E-state index in [-0.39, 0.29) is 11.8 Å². The maximum absolute atomic E-state index is 13.0. The summed E-state index contributed by atoms with van der Waals surface area (Å²) in [5.74, 6) is 0.0185. The molecule has 30 heavy (non-hydrogen) atoms. The molecule has 2 saturated heterocycles. The van der Waals surface area contributed by atoms with Gasteiger partial charge in [-0.25, -0.2) is 0 Å². The number of benzene rings is 1. The summed E-state index contributed by atoms with van der Waals surface area (Å²) in [5, 5.41) is 1.47. The molecule has 0 saturated carbocycles. The number of hydrogen-bond acceptors (Lipinski definition) is 3. The number of carbonyl (C=O) groups excluding carboxylic acids is 2. The van der Waals surface area contributed by atoms with Gasteiger partial charge in [-0.05, 0) is 49.3 Å². The molecule has 0 unspecified atom stereocenters. The molecule has 1 aromatic carbocycles. The van der Waals surface area contributed by atoms with E-state index in [0.717, 1.165) is 46.9 Å². The first-order chi connectivity index (χ1) is 14.4. The number of aromatic nitrogens is 1. The molecular formula is C22H25BrN4O2S. The minimum absolute atomic E-state index is 0.126. The number of hydrogen-bond donors (Lipinski definition) is 0. The molecule has 0 radical (unpaired) electrons. The Morgan fingerprint density at radius 1 is 1.13 bits per heavy atom. The fraction of sp³-hybridized carbons (Fsp3) is 0.409. The fourth-order valence-electron chi connectivity index (χ4n) is 4.14. The van der Waals surface area contributed by atoms with E-state index in [4.69, 9.17) is 12.2 Å². The summed E-state index contributed by atoms with van der Waals surface area (Å²) in [4.78, 5) is 30.8. The highest BCUT2D eigenvalue weighted by Gasteiger charge is 2.33. The lowest BCUT2D eigenvalue weighted by Gasteiger charge is -2.20. The summed E-state index contributed by atoms with van der Waals surface area (Å²) >= 11 is 8.87. The highest BCUT2D eigenvalue weighted by Crippen LogP contribution is 2.29. The normalized spacial score (nSPS) is 19.3. The zero-order chi connectivity index (χ0) is 21.4. The van der Waals surface area contributed by atoms with E-state index in [1.54, 1.807) is 19.0 Å². The third-order valence-electron chi connectivity index (χ3n) is 5.89. The van der Waals surface area contributed by atoms with Crippen LogP contribution >= 0.6 is 28.1 Å². The van der Waals surface area contributed by atoms with Gasteiger partial charge in [0.15, 0.2) is 5.11 Å². The van der Waals surface area contributed by atoms with E-state index in [1.165, 1.54) is 17.7 Å². The second kappa shape index (κ2) is 8.51. The van der Waals surface area contributed by atoms with Crippen LogP contribution < -0.4 is 0 Å². The number of nitrogens with zero attached hydrogens (tertiary/aromatic N) is 4. The third-order valence-corrected chi connectivity index (χ3v) is 6.93. The maximum Gasteiger partial charge on any atom is 0.276 e. The molecule has 3 heterocycles. The van der Waals surface area contributed by atoms with Gasteiger partial charge < -0.3 is 14.4 Å². The molecule has 8 heteroatoms. The molecule has 0 atom stereocenters. The predicted octanol–water partition coefficient (Wildman–Crippen LogP) is 3.84. The van der Waals surface area contributed by atoms with Crippen LogP contribution in [0.4, 0.5) is 0 Å². The van der Waals surface area contributed by atoms with Crippen molar-refractivity contribution < 1.29 is 9.59 Å². The van der Waals surface area contributed by atoms with Crippen molar-refractivity contribution in [3.05, 3.63) is 40.1 Å². The predicted molar refractivity (Wildman–Crippen MR) is 126 cm³/mol. The Kier molecular flexibility index (Phi) is 5.97. The van der Waals surface area contributed by atoms with Crippen LogP contribution in [-0.4, -0.2) is 63.4 Å². The van der Waals surface area contributed by atoms with Crippen molar-refractivity contribution in [2.45, 2.75) is 32.2 Å². The lowest BCUT2D eigenvalue weighted by molar-refractivity contribution is -0.131. The number of rotatable bonds is 3. The first-order valence-corrected chi connectivity index (χ1v) is 11.4. The number of amides is 2. The Hall–Kier alpha value is -2.19. The van der Waals surface area contributed by atoms with Crippen molar-refractivity contribution in [1.29, 1.82) is 0 Å². The van der Waals surface area contributed by atoms with Gasteiger partial charge in [0.25, 0.3) is 5.91 Å². The molecule has 6 nitrogen and oxygen atoms in total. The van der Waals surface area contributed by atoms with Crippen LogP contribution in [0.25, 0.3) is 17.0 Å². The monoisotopic (exact) mass is 488 g/mol. The van der Waals surface area contributed by atoms with Crippen LogP contribution in [0, 0.1) is 0 Å². The molecule has 0 bridgehead atoms. The van der Waals surface area contributed by atoms with E-state index in [2.05, 4.69) is 15.9 Å².